The molecular formula is C20H15ClN2O4. The molecule has 136 valence electrons. The van der Waals surface area contributed by atoms with E-state index in [9.17, 15) is 4.79 Å². The van der Waals surface area contributed by atoms with Crippen LogP contribution >= 0.6 is 11.6 Å². The fraction of sp³-hybridized carbons (Fsp3) is 0.150. The van der Waals surface area contributed by atoms with Gasteiger partial charge in [0, 0.05) is 28.1 Å². The molecule has 0 aliphatic carbocycles. The van der Waals surface area contributed by atoms with E-state index >= 15 is 0 Å². The van der Waals surface area contributed by atoms with E-state index < -0.39 is 0 Å². The topological polar surface area (TPSA) is 78.4 Å². The molecule has 0 aliphatic rings. The molecule has 2 heterocycles. The van der Waals surface area contributed by atoms with Crippen LogP contribution in [-0.4, -0.2) is 10.2 Å². The Bertz CT molecular complexity index is 1150. The number of halogens is 1. The van der Waals surface area contributed by atoms with Crippen molar-refractivity contribution in [1.29, 1.82) is 0 Å². The highest BCUT2D eigenvalue weighted by Gasteiger charge is 2.10. The van der Waals surface area contributed by atoms with Crippen molar-refractivity contribution in [3.63, 3.8) is 0 Å². The fourth-order valence-corrected chi connectivity index (χ4v) is 2.88. The molecule has 0 atom stereocenters. The Hall–Kier alpha value is -3.12. The monoisotopic (exact) mass is 382 g/mol. The Morgan fingerprint density at radius 3 is 2.63 bits per heavy atom. The van der Waals surface area contributed by atoms with Gasteiger partial charge in [-0.1, -0.05) is 18.5 Å². The van der Waals surface area contributed by atoms with Gasteiger partial charge in [-0.15, -0.1) is 10.2 Å². The summed E-state index contributed by atoms with van der Waals surface area (Å²) in [5.41, 5.74) is 1.83. The number of aromatic nitrogens is 2. The summed E-state index contributed by atoms with van der Waals surface area (Å²) in [6.45, 7) is 2.09. The van der Waals surface area contributed by atoms with E-state index in [4.69, 9.17) is 25.2 Å². The second kappa shape index (κ2) is 7.25. The Kier molecular flexibility index (Phi) is 4.64. The molecule has 0 radical (unpaired) electrons. The molecule has 4 aromatic rings. The van der Waals surface area contributed by atoms with E-state index in [1.807, 2.05) is 19.1 Å². The van der Waals surface area contributed by atoms with E-state index in [-0.39, 0.29) is 12.2 Å². The van der Waals surface area contributed by atoms with Gasteiger partial charge in [-0.3, -0.25) is 0 Å². The van der Waals surface area contributed by atoms with Crippen molar-refractivity contribution >= 4 is 22.6 Å². The molecular weight excluding hydrogens is 368 g/mol. The summed E-state index contributed by atoms with van der Waals surface area (Å²) >= 11 is 5.88. The minimum absolute atomic E-state index is 0.101. The molecule has 2 aromatic heterocycles. The molecule has 0 aliphatic heterocycles. The van der Waals surface area contributed by atoms with Gasteiger partial charge in [0.25, 0.3) is 5.89 Å². The van der Waals surface area contributed by atoms with Gasteiger partial charge in [0.05, 0.1) is 0 Å². The smallest absolute Gasteiger partial charge is 0.336 e. The summed E-state index contributed by atoms with van der Waals surface area (Å²) in [5, 5.41) is 9.53. The summed E-state index contributed by atoms with van der Waals surface area (Å²) < 4.78 is 16.6. The van der Waals surface area contributed by atoms with Crippen LogP contribution in [0.5, 0.6) is 5.75 Å². The summed E-state index contributed by atoms with van der Waals surface area (Å²) in [4.78, 5) is 11.7. The molecule has 0 saturated carbocycles. The Labute approximate surface area is 159 Å². The van der Waals surface area contributed by atoms with Gasteiger partial charge >= 0.3 is 5.63 Å². The van der Waals surface area contributed by atoms with Gasteiger partial charge in [-0.05, 0) is 48.4 Å². The van der Waals surface area contributed by atoms with Crippen molar-refractivity contribution in [2.75, 3.05) is 0 Å². The first-order valence-corrected chi connectivity index (χ1v) is 8.78. The molecule has 0 amide bonds. The average Bonchev–Trinajstić information content (AvgIpc) is 3.15. The zero-order chi connectivity index (χ0) is 18.8. The van der Waals surface area contributed by atoms with E-state index in [0.29, 0.717) is 28.1 Å². The van der Waals surface area contributed by atoms with E-state index in [1.54, 1.807) is 30.3 Å². The highest BCUT2D eigenvalue weighted by atomic mass is 35.5. The van der Waals surface area contributed by atoms with Crippen LogP contribution in [0.15, 0.2) is 62.2 Å². The van der Waals surface area contributed by atoms with Crippen LogP contribution in [0.1, 0.15) is 18.4 Å². The molecule has 0 fully saturated rings. The molecule has 4 rings (SSSR count). The molecule has 6 nitrogen and oxygen atoms in total. The van der Waals surface area contributed by atoms with Gasteiger partial charge < -0.3 is 13.6 Å². The van der Waals surface area contributed by atoms with Crippen LogP contribution in [0.4, 0.5) is 0 Å². The lowest BCUT2D eigenvalue weighted by atomic mass is 10.1. The first-order chi connectivity index (χ1) is 13.1. The zero-order valence-corrected chi connectivity index (χ0v) is 15.2. The average molecular weight is 383 g/mol. The van der Waals surface area contributed by atoms with Crippen LogP contribution in [0, 0.1) is 0 Å². The normalized spacial score (nSPS) is 11.0. The largest absolute Gasteiger partial charge is 0.484 e. The highest BCUT2D eigenvalue weighted by Crippen LogP contribution is 2.24. The van der Waals surface area contributed by atoms with E-state index in [2.05, 4.69) is 10.2 Å². The van der Waals surface area contributed by atoms with Crippen molar-refractivity contribution in [3.8, 4) is 17.2 Å². The number of hydrogen-bond acceptors (Lipinski definition) is 6. The molecule has 0 spiro atoms. The van der Waals surface area contributed by atoms with Crippen molar-refractivity contribution in [3.05, 3.63) is 75.4 Å². The van der Waals surface area contributed by atoms with Crippen molar-refractivity contribution in [2.45, 2.75) is 20.0 Å². The minimum Gasteiger partial charge on any atom is -0.484 e. The third-order valence-electron chi connectivity index (χ3n) is 4.10. The van der Waals surface area contributed by atoms with Crippen LogP contribution in [0.25, 0.3) is 22.4 Å². The maximum Gasteiger partial charge on any atom is 0.336 e. The maximum atomic E-state index is 11.7. The summed E-state index contributed by atoms with van der Waals surface area (Å²) in [7, 11) is 0. The highest BCUT2D eigenvalue weighted by molar-refractivity contribution is 6.30. The molecule has 0 bridgehead atoms. The third-order valence-corrected chi connectivity index (χ3v) is 4.35. The quantitative estimate of drug-likeness (QED) is 0.468. The summed E-state index contributed by atoms with van der Waals surface area (Å²) in [5.74, 6) is 1.27. The van der Waals surface area contributed by atoms with Gasteiger partial charge in [0.1, 0.15) is 11.3 Å². The predicted molar refractivity (Wildman–Crippen MR) is 101 cm³/mol. The molecule has 2 aromatic carbocycles. The number of rotatable bonds is 5. The minimum atomic E-state index is -0.374. The molecule has 0 unspecified atom stereocenters. The number of aryl methyl sites for hydroxylation is 1. The van der Waals surface area contributed by atoms with Crippen LogP contribution in [0.2, 0.25) is 5.02 Å². The lowest BCUT2D eigenvalue weighted by molar-refractivity contribution is 0.264. The Morgan fingerprint density at radius 1 is 1.04 bits per heavy atom. The first-order valence-electron chi connectivity index (χ1n) is 8.40. The number of ether oxygens (including phenoxy) is 1. The third kappa shape index (κ3) is 3.71. The SMILES string of the molecule is CCc1cc(=O)oc2cc(OCc3nnc(-c4ccc(Cl)cc4)o3)ccc12. The van der Waals surface area contributed by atoms with Crippen LogP contribution < -0.4 is 10.4 Å². The number of hydrogen-bond donors (Lipinski definition) is 0. The standard InChI is InChI=1S/C20H15ClN2O4/c1-2-12-9-19(24)26-17-10-15(7-8-16(12)17)25-11-18-22-23-20(27-18)13-3-5-14(21)6-4-13/h3-10H,2,11H2,1H3. The Balaban J connectivity index is 1.52. The summed E-state index contributed by atoms with van der Waals surface area (Å²) in [6, 6.07) is 14.0. The molecule has 0 saturated heterocycles. The number of fused-ring (bicyclic) bond motifs is 1. The second-order valence-electron chi connectivity index (χ2n) is 5.90. The van der Waals surface area contributed by atoms with Gasteiger partial charge in [-0.25, -0.2) is 4.79 Å². The maximum absolute atomic E-state index is 11.7. The molecule has 7 heteroatoms. The predicted octanol–water partition coefficient (Wildman–Crippen LogP) is 4.64. The number of nitrogens with zero attached hydrogens (tertiary/aromatic N) is 2. The molecule has 0 N–H and O–H groups in total. The van der Waals surface area contributed by atoms with Gasteiger partial charge in [0.2, 0.25) is 5.89 Å². The summed E-state index contributed by atoms with van der Waals surface area (Å²) in [6.07, 6.45) is 0.748. The molecule has 27 heavy (non-hydrogen) atoms. The zero-order valence-electron chi connectivity index (χ0n) is 14.4. The lowest BCUT2D eigenvalue weighted by Crippen LogP contribution is -2.00. The van der Waals surface area contributed by atoms with Crippen molar-refractivity contribution in [1.82, 2.24) is 10.2 Å². The van der Waals surface area contributed by atoms with E-state index in [0.717, 1.165) is 22.9 Å². The Morgan fingerprint density at radius 2 is 1.85 bits per heavy atom. The van der Waals surface area contributed by atoms with Crippen molar-refractivity contribution in [2.24, 2.45) is 0 Å². The van der Waals surface area contributed by atoms with E-state index in [1.165, 1.54) is 6.07 Å². The second-order valence-corrected chi connectivity index (χ2v) is 6.34. The van der Waals surface area contributed by atoms with Crippen molar-refractivity contribution < 1.29 is 13.6 Å². The first kappa shape index (κ1) is 17.3. The fourth-order valence-electron chi connectivity index (χ4n) is 2.76. The van der Waals surface area contributed by atoms with Crippen LogP contribution in [-0.2, 0) is 13.0 Å². The van der Waals surface area contributed by atoms with Gasteiger partial charge in [-0.2, -0.15) is 0 Å². The lowest BCUT2D eigenvalue weighted by Gasteiger charge is -2.06. The number of benzene rings is 2. The van der Waals surface area contributed by atoms with Crippen LogP contribution in [0.3, 0.4) is 0 Å². The van der Waals surface area contributed by atoms with Gasteiger partial charge in [0.15, 0.2) is 6.61 Å².